The van der Waals surface area contributed by atoms with Crippen LogP contribution in [0.3, 0.4) is 0 Å². The quantitative estimate of drug-likeness (QED) is 0.601. The zero-order chi connectivity index (χ0) is 18.2. The number of nitrogens with zero attached hydrogens (tertiary/aromatic N) is 3. The Hall–Kier alpha value is -2.12. The lowest BCUT2D eigenvalue weighted by molar-refractivity contribution is 0.122. The number of nitrogens with one attached hydrogen (secondary N) is 2. The predicted molar refractivity (Wildman–Crippen MR) is 108 cm³/mol. The number of aryl methyl sites for hydroxylation is 1. The second-order valence-electron chi connectivity index (χ2n) is 6.08. The largest absolute Gasteiger partial charge is 0.378 e. The summed E-state index contributed by atoms with van der Waals surface area (Å²) in [6.07, 6.45) is 2.99. The molecule has 0 spiro atoms. The van der Waals surface area contributed by atoms with E-state index in [1.165, 1.54) is 16.1 Å². The first-order chi connectivity index (χ1) is 12.8. The second-order valence-corrected chi connectivity index (χ2v) is 7.28. The van der Waals surface area contributed by atoms with Crippen LogP contribution in [0.2, 0.25) is 0 Å². The molecule has 0 amide bonds. The molecule has 1 aromatic heterocycles. The van der Waals surface area contributed by atoms with Crippen molar-refractivity contribution in [3.8, 4) is 0 Å². The number of aliphatic imine (C=N–C) groups is 1. The Bertz CT molecular complexity index is 724. The summed E-state index contributed by atoms with van der Waals surface area (Å²) in [7, 11) is 1.79. The number of anilines is 1. The fourth-order valence-corrected chi connectivity index (χ4v) is 3.73. The lowest BCUT2D eigenvalue weighted by atomic mass is 10.1. The Morgan fingerprint density at radius 3 is 2.73 bits per heavy atom. The van der Waals surface area contributed by atoms with Crippen molar-refractivity contribution in [1.29, 1.82) is 0 Å². The number of morpholine rings is 1. The molecule has 0 bridgehead atoms. The van der Waals surface area contributed by atoms with Gasteiger partial charge >= 0.3 is 0 Å². The average Bonchev–Trinajstić information content (AvgIpc) is 3.17. The molecule has 2 aromatic rings. The minimum absolute atomic E-state index is 0.690. The Morgan fingerprint density at radius 2 is 2.00 bits per heavy atom. The van der Waals surface area contributed by atoms with Gasteiger partial charge in [-0.15, -0.1) is 11.3 Å². The van der Waals surface area contributed by atoms with Gasteiger partial charge < -0.3 is 20.3 Å². The molecule has 2 N–H and O–H groups in total. The van der Waals surface area contributed by atoms with Crippen LogP contribution in [-0.4, -0.2) is 44.3 Å². The van der Waals surface area contributed by atoms with Gasteiger partial charge in [0, 0.05) is 43.4 Å². The van der Waals surface area contributed by atoms with Gasteiger partial charge in [-0.3, -0.25) is 4.99 Å². The van der Waals surface area contributed by atoms with Crippen LogP contribution >= 0.6 is 11.3 Å². The van der Waals surface area contributed by atoms with E-state index in [2.05, 4.69) is 56.7 Å². The van der Waals surface area contributed by atoms with Crippen molar-refractivity contribution in [2.75, 3.05) is 38.3 Å². The van der Waals surface area contributed by atoms with Crippen LogP contribution in [0.1, 0.15) is 22.4 Å². The number of thiazole rings is 1. The number of guanidine groups is 1. The molecule has 1 saturated heterocycles. The van der Waals surface area contributed by atoms with Crippen LogP contribution in [0.15, 0.2) is 35.5 Å². The zero-order valence-corrected chi connectivity index (χ0v) is 16.3. The van der Waals surface area contributed by atoms with E-state index in [-0.39, 0.29) is 0 Å². The average molecular weight is 374 g/mol. The van der Waals surface area contributed by atoms with Gasteiger partial charge in [0.2, 0.25) is 0 Å². The fourth-order valence-electron chi connectivity index (χ4n) is 2.93. The molecule has 7 heteroatoms. The third kappa shape index (κ3) is 4.95. The predicted octanol–water partition coefficient (Wildman–Crippen LogP) is 2.41. The molecule has 140 valence electrons. The van der Waals surface area contributed by atoms with E-state index in [4.69, 9.17) is 4.74 Å². The van der Waals surface area contributed by atoms with Gasteiger partial charge in [0.25, 0.3) is 0 Å². The van der Waals surface area contributed by atoms with E-state index in [0.717, 1.165) is 50.2 Å². The van der Waals surface area contributed by atoms with Crippen molar-refractivity contribution in [2.24, 2.45) is 4.99 Å². The standard InChI is InChI=1S/C19H27N5OS/c1-3-16-13-21-18(26-16)14-23-19(20-2)22-12-15-6-4-5-7-17(15)24-8-10-25-11-9-24/h4-7,13H,3,8-12,14H2,1-2H3,(H2,20,22,23). The molecular weight excluding hydrogens is 346 g/mol. The van der Waals surface area contributed by atoms with Crippen LogP contribution in [0.25, 0.3) is 0 Å². The SMILES string of the molecule is CCc1cnc(CNC(=NC)NCc2ccccc2N2CCOCC2)s1. The van der Waals surface area contributed by atoms with Gasteiger partial charge in [-0.25, -0.2) is 4.98 Å². The molecule has 3 rings (SSSR count). The number of aromatic nitrogens is 1. The summed E-state index contributed by atoms with van der Waals surface area (Å²) in [4.78, 5) is 12.5. The minimum Gasteiger partial charge on any atom is -0.378 e. The van der Waals surface area contributed by atoms with Crippen molar-refractivity contribution < 1.29 is 4.74 Å². The molecule has 0 saturated carbocycles. The van der Waals surface area contributed by atoms with Crippen molar-refractivity contribution in [3.05, 3.63) is 45.9 Å². The fraction of sp³-hybridized carbons (Fsp3) is 0.474. The molecule has 1 aromatic carbocycles. The first-order valence-electron chi connectivity index (χ1n) is 9.09. The van der Waals surface area contributed by atoms with Crippen molar-refractivity contribution in [1.82, 2.24) is 15.6 Å². The molecule has 0 radical (unpaired) electrons. The van der Waals surface area contributed by atoms with Gasteiger partial charge in [0.1, 0.15) is 5.01 Å². The number of hydrogen-bond donors (Lipinski definition) is 2. The first kappa shape index (κ1) is 18.7. The van der Waals surface area contributed by atoms with E-state index in [1.807, 2.05) is 6.20 Å². The summed E-state index contributed by atoms with van der Waals surface area (Å²) in [5.74, 6) is 0.787. The van der Waals surface area contributed by atoms with E-state index in [0.29, 0.717) is 6.54 Å². The van der Waals surface area contributed by atoms with Gasteiger partial charge in [0.15, 0.2) is 5.96 Å². The van der Waals surface area contributed by atoms with Gasteiger partial charge in [-0.1, -0.05) is 25.1 Å². The number of ether oxygens (including phenoxy) is 1. The van der Waals surface area contributed by atoms with E-state index < -0.39 is 0 Å². The van der Waals surface area contributed by atoms with Gasteiger partial charge in [-0.2, -0.15) is 0 Å². The normalized spacial score (nSPS) is 15.2. The molecule has 26 heavy (non-hydrogen) atoms. The first-order valence-corrected chi connectivity index (χ1v) is 9.90. The lowest BCUT2D eigenvalue weighted by Crippen LogP contribution is -2.38. The number of rotatable bonds is 6. The Morgan fingerprint density at radius 1 is 1.23 bits per heavy atom. The van der Waals surface area contributed by atoms with Crippen molar-refractivity contribution in [3.63, 3.8) is 0 Å². The highest BCUT2D eigenvalue weighted by molar-refractivity contribution is 7.11. The third-order valence-electron chi connectivity index (χ3n) is 4.37. The molecule has 1 fully saturated rings. The lowest BCUT2D eigenvalue weighted by Gasteiger charge is -2.30. The van der Waals surface area contributed by atoms with Gasteiger partial charge in [0.05, 0.1) is 19.8 Å². The maximum absolute atomic E-state index is 5.47. The number of hydrogen-bond acceptors (Lipinski definition) is 5. The molecular formula is C19H27N5OS. The van der Waals surface area contributed by atoms with E-state index >= 15 is 0 Å². The summed E-state index contributed by atoms with van der Waals surface area (Å²) in [6.45, 7) is 7.02. The summed E-state index contributed by atoms with van der Waals surface area (Å²) in [5, 5.41) is 7.84. The Labute approximate surface area is 159 Å². The van der Waals surface area contributed by atoms with Crippen LogP contribution in [0.5, 0.6) is 0 Å². The molecule has 2 heterocycles. The van der Waals surface area contributed by atoms with Crippen LogP contribution in [-0.2, 0) is 24.2 Å². The summed E-state index contributed by atoms with van der Waals surface area (Å²) < 4.78 is 5.47. The number of benzene rings is 1. The summed E-state index contributed by atoms with van der Waals surface area (Å²) >= 11 is 1.75. The topological polar surface area (TPSA) is 61.8 Å². The third-order valence-corrected chi connectivity index (χ3v) is 5.51. The molecule has 0 unspecified atom stereocenters. The van der Waals surface area contributed by atoms with Crippen molar-refractivity contribution >= 4 is 23.0 Å². The maximum Gasteiger partial charge on any atom is 0.191 e. The van der Waals surface area contributed by atoms with Crippen LogP contribution in [0, 0.1) is 0 Å². The Balaban J connectivity index is 1.56. The minimum atomic E-state index is 0.690. The zero-order valence-electron chi connectivity index (χ0n) is 15.5. The van der Waals surface area contributed by atoms with Crippen molar-refractivity contribution in [2.45, 2.75) is 26.4 Å². The van der Waals surface area contributed by atoms with Crippen LogP contribution < -0.4 is 15.5 Å². The molecule has 1 aliphatic rings. The van der Waals surface area contributed by atoms with Gasteiger partial charge in [-0.05, 0) is 18.1 Å². The van der Waals surface area contributed by atoms with E-state index in [1.54, 1.807) is 18.4 Å². The smallest absolute Gasteiger partial charge is 0.191 e. The summed E-state index contributed by atoms with van der Waals surface area (Å²) in [6, 6.07) is 8.52. The summed E-state index contributed by atoms with van der Waals surface area (Å²) in [5.41, 5.74) is 2.53. The highest BCUT2D eigenvalue weighted by atomic mass is 32.1. The molecule has 0 aliphatic carbocycles. The maximum atomic E-state index is 5.47. The second kappa shape index (κ2) is 9.54. The van der Waals surface area contributed by atoms with Crippen LogP contribution in [0.4, 0.5) is 5.69 Å². The number of para-hydroxylation sites is 1. The molecule has 6 nitrogen and oxygen atoms in total. The highest BCUT2D eigenvalue weighted by Gasteiger charge is 2.14. The monoisotopic (exact) mass is 373 g/mol. The highest BCUT2D eigenvalue weighted by Crippen LogP contribution is 2.21. The Kier molecular flexibility index (Phi) is 6.85. The molecule has 0 atom stereocenters. The molecule has 1 aliphatic heterocycles. The van der Waals surface area contributed by atoms with E-state index in [9.17, 15) is 0 Å².